The molecule has 134 valence electrons. The molecule has 1 fully saturated rings. The van der Waals surface area contributed by atoms with Crippen LogP contribution in [0.1, 0.15) is 50.8 Å². The van der Waals surface area contributed by atoms with Crippen molar-refractivity contribution in [3.63, 3.8) is 0 Å². The van der Waals surface area contributed by atoms with Crippen molar-refractivity contribution in [3.05, 3.63) is 27.2 Å². The smallest absolute Gasteiger partial charge is 0.265 e. The van der Waals surface area contributed by atoms with Gasteiger partial charge in [-0.3, -0.25) is 9.69 Å². The number of carbonyl (C=O) groups excluding carboxylic acids is 1. The van der Waals surface area contributed by atoms with Gasteiger partial charge < -0.3 is 9.47 Å². The number of carbonyl (C=O) groups is 1. The fraction of sp³-hybridized carbons (Fsp3) is 0.647. The lowest BCUT2D eigenvalue weighted by molar-refractivity contribution is 0.0713. The summed E-state index contributed by atoms with van der Waals surface area (Å²) >= 11 is 1.50. The van der Waals surface area contributed by atoms with Gasteiger partial charge in [-0.25, -0.2) is 4.98 Å². The monoisotopic (exact) mass is 360 g/mol. The van der Waals surface area contributed by atoms with Crippen LogP contribution in [0, 0.1) is 13.8 Å². The number of amides is 1. The first-order valence-electron chi connectivity index (χ1n) is 8.86. The minimum absolute atomic E-state index is 0.131. The van der Waals surface area contributed by atoms with Crippen molar-refractivity contribution in [1.82, 2.24) is 29.5 Å². The van der Waals surface area contributed by atoms with Gasteiger partial charge in [0.25, 0.3) is 5.91 Å². The summed E-state index contributed by atoms with van der Waals surface area (Å²) in [6.07, 6.45) is 1.91. The molecule has 0 spiro atoms. The lowest BCUT2D eigenvalue weighted by atomic mass is 9.95. The molecule has 4 rings (SSSR count). The molecule has 2 aromatic rings. The van der Waals surface area contributed by atoms with E-state index in [0.29, 0.717) is 5.92 Å². The molecule has 1 saturated heterocycles. The van der Waals surface area contributed by atoms with Gasteiger partial charge in [0.05, 0.1) is 17.2 Å². The quantitative estimate of drug-likeness (QED) is 0.817. The van der Waals surface area contributed by atoms with Crippen LogP contribution in [0.25, 0.3) is 0 Å². The maximum absolute atomic E-state index is 12.8. The van der Waals surface area contributed by atoms with Crippen molar-refractivity contribution in [1.29, 1.82) is 0 Å². The third-order valence-electron chi connectivity index (χ3n) is 5.22. The number of rotatable bonds is 2. The van der Waals surface area contributed by atoms with Gasteiger partial charge >= 0.3 is 0 Å². The van der Waals surface area contributed by atoms with E-state index in [0.717, 1.165) is 72.8 Å². The molecule has 8 heteroatoms. The van der Waals surface area contributed by atoms with Gasteiger partial charge in [-0.15, -0.1) is 21.5 Å². The molecule has 0 aromatic carbocycles. The normalized spacial score (nSPS) is 19.2. The second-order valence-electron chi connectivity index (χ2n) is 7.08. The summed E-state index contributed by atoms with van der Waals surface area (Å²) in [5.41, 5.74) is 0.852. The van der Waals surface area contributed by atoms with Crippen LogP contribution in [-0.4, -0.2) is 62.1 Å². The van der Waals surface area contributed by atoms with E-state index in [2.05, 4.69) is 31.7 Å². The van der Waals surface area contributed by atoms with E-state index in [1.165, 1.54) is 11.3 Å². The van der Waals surface area contributed by atoms with Crippen LogP contribution in [0.15, 0.2) is 0 Å². The Bertz CT molecular complexity index is 789. The number of nitrogens with zero attached hydrogens (tertiary/aromatic N) is 6. The van der Waals surface area contributed by atoms with E-state index < -0.39 is 0 Å². The average Bonchev–Trinajstić information content (AvgIpc) is 3.16. The van der Waals surface area contributed by atoms with Crippen LogP contribution in [0.5, 0.6) is 0 Å². The Labute approximate surface area is 151 Å². The Hall–Kier alpha value is -1.80. The van der Waals surface area contributed by atoms with Crippen LogP contribution < -0.4 is 0 Å². The number of likely N-dealkylation sites (tertiary alicyclic amines) is 1. The summed E-state index contributed by atoms with van der Waals surface area (Å²) in [5, 5.41) is 9.81. The highest BCUT2D eigenvalue weighted by atomic mass is 32.1. The molecule has 0 radical (unpaired) electrons. The molecular formula is C17H24N6OS. The predicted octanol–water partition coefficient (Wildman–Crippen LogP) is 1.82. The van der Waals surface area contributed by atoms with E-state index in [4.69, 9.17) is 0 Å². The number of fused-ring (bicyclic) bond motifs is 1. The second kappa shape index (κ2) is 6.49. The molecule has 0 atom stereocenters. The Morgan fingerprint density at radius 2 is 1.88 bits per heavy atom. The fourth-order valence-corrected chi connectivity index (χ4v) is 4.70. The summed E-state index contributed by atoms with van der Waals surface area (Å²) < 4.78 is 2.29. The van der Waals surface area contributed by atoms with Crippen molar-refractivity contribution >= 4 is 17.2 Å². The highest BCUT2D eigenvalue weighted by molar-refractivity contribution is 7.13. The Balaban J connectivity index is 1.44. The minimum Gasteiger partial charge on any atom is -0.338 e. The van der Waals surface area contributed by atoms with Gasteiger partial charge in [-0.05, 0) is 33.7 Å². The first-order valence-corrected chi connectivity index (χ1v) is 9.68. The average molecular weight is 360 g/mol. The van der Waals surface area contributed by atoms with E-state index in [9.17, 15) is 4.79 Å². The summed E-state index contributed by atoms with van der Waals surface area (Å²) in [5.74, 6) is 2.71. The van der Waals surface area contributed by atoms with Crippen molar-refractivity contribution in [2.24, 2.45) is 0 Å². The fourth-order valence-electron chi connectivity index (χ4n) is 3.82. The highest BCUT2D eigenvalue weighted by Crippen LogP contribution is 2.30. The lowest BCUT2D eigenvalue weighted by Gasteiger charge is -2.32. The van der Waals surface area contributed by atoms with Crippen LogP contribution >= 0.6 is 11.3 Å². The molecule has 0 N–H and O–H groups in total. The van der Waals surface area contributed by atoms with Crippen molar-refractivity contribution in [2.45, 2.75) is 45.7 Å². The molecule has 2 aliphatic rings. The maximum atomic E-state index is 12.8. The number of aryl methyl sites for hydroxylation is 2. The third kappa shape index (κ3) is 3.08. The van der Waals surface area contributed by atoms with E-state index in [-0.39, 0.29) is 5.91 Å². The zero-order valence-electron chi connectivity index (χ0n) is 15.0. The topological polar surface area (TPSA) is 67.2 Å². The largest absolute Gasteiger partial charge is 0.338 e. The van der Waals surface area contributed by atoms with Crippen molar-refractivity contribution in [3.8, 4) is 0 Å². The number of piperidine rings is 1. The number of hydrogen-bond donors (Lipinski definition) is 0. The summed E-state index contributed by atoms with van der Waals surface area (Å²) in [7, 11) is 2.12. The Morgan fingerprint density at radius 3 is 2.56 bits per heavy atom. The summed E-state index contributed by atoms with van der Waals surface area (Å²) in [4.78, 5) is 22.2. The Morgan fingerprint density at radius 1 is 1.12 bits per heavy atom. The zero-order chi connectivity index (χ0) is 17.6. The molecule has 4 heterocycles. The van der Waals surface area contributed by atoms with Gasteiger partial charge in [0.2, 0.25) is 0 Å². The van der Waals surface area contributed by atoms with Gasteiger partial charge in [0.1, 0.15) is 16.5 Å². The van der Waals surface area contributed by atoms with Gasteiger partial charge in [0, 0.05) is 32.1 Å². The van der Waals surface area contributed by atoms with Crippen LogP contribution in [0.4, 0.5) is 0 Å². The van der Waals surface area contributed by atoms with Gasteiger partial charge in [0.15, 0.2) is 0 Å². The second-order valence-corrected chi connectivity index (χ2v) is 8.28. The van der Waals surface area contributed by atoms with Crippen LogP contribution in [0.2, 0.25) is 0 Å². The van der Waals surface area contributed by atoms with Crippen molar-refractivity contribution < 1.29 is 4.79 Å². The highest BCUT2D eigenvalue weighted by Gasteiger charge is 2.30. The molecule has 2 aromatic heterocycles. The van der Waals surface area contributed by atoms with Gasteiger partial charge in [-0.2, -0.15) is 0 Å². The van der Waals surface area contributed by atoms with Crippen LogP contribution in [0.3, 0.4) is 0 Å². The number of thiazole rings is 1. The van der Waals surface area contributed by atoms with E-state index in [1.807, 2.05) is 18.7 Å². The van der Waals surface area contributed by atoms with Crippen LogP contribution in [-0.2, 0) is 13.1 Å². The van der Waals surface area contributed by atoms with E-state index >= 15 is 0 Å². The molecule has 1 amide bonds. The number of hydrogen-bond acceptors (Lipinski definition) is 6. The SMILES string of the molecule is Cc1nc(C)c(C(=O)N2CCC(c3nnc4n3CCN(C)C4)CC2)s1. The molecule has 25 heavy (non-hydrogen) atoms. The van der Waals surface area contributed by atoms with E-state index in [1.54, 1.807) is 0 Å². The molecular weight excluding hydrogens is 336 g/mol. The third-order valence-corrected chi connectivity index (χ3v) is 6.28. The number of likely N-dealkylation sites (N-methyl/N-ethyl adjacent to an activating group) is 1. The zero-order valence-corrected chi connectivity index (χ0v) is 15.8. The minimum atomic E-state index is 0.131. The molecule has 0 unspecified atom stereocenters. The lowest BCUT2D eigenvalue weighted by Crippen LogP contribution is -2.39. The first kappa shape index (κ1) is 16.7. The summed E-state index contributed by atoms with van der Waals surface area (Å²) in [6.45, 7) is 8.31. The Kier molecular flexibility index (Phi) is 4.33. The van der Waals surface area contributed by atoms with Gasteiger partial charge in [-0.1, -0.05) is 0 Å². The predicted molar refractivity (Wildman–Crippen MR) is 95.8 cm³/mol. The maximum Gasteiger partial charge on any atom is 0.265 e. The van der Waals surface area contributed by atoms with Crippen molar-refractivity contribution in [2.75, 3.05) is 26.7 Å². The molecule has 0 aliphatic carbocycles. The molecule has 7 nitrogen and oxygen atoms in total. The number of aromatic nitrogens is 4. The standard InChI is InChI=1S/C17H24N6OS/c1-11-15(25-12(2)18-11)17(24)22-6-4-13(5-7-22)16-20-19-14-10-21(3)8-9-23(14)16/h13H,4-10H2,1-3H3. The molecule has 2 aliphatic heterocycles. The first-order chi connectivity index (χ1) is 12.0. The summed E-state index contributed by atoms with van der Waals surface area (Å²) in [6, 6.07) is 0. The molecule has 0 saturated carbocycles. The molecule has 0 bridgehead atoms.